The van der Waals surface area contributed by atoms with E-state index in [0.717, 1.165) is 0 Å². The molecule has 0 heterocycles. The fourth-order valence-corrected chi connectivity index (χ4v) is 2.51. The molecule has 0 spiro atoms. The number of carbonyl (C=O) groups excluding carboxylic acids is 3. The maximum Gasteiger partial charge on any atom is 0.259 e. The van der Waals surface area contributed by atoms with Gasteiger partial charge >= 0.3 is 0 Å². The Hall–Kier alpha value is -4.19. The average Bonchev–Trinajstić information content (AvgIpc) is 2.73. The second kappa shape index (κ2) is 11.7. The van der Waals surface area contributed by atoms with Gasteiger partial charge in [0.05, 0.1) is 5.57 Å². The largest absolute Gasteiger partial charge is 0.875 e. The van der Waals surface area contributed by atoms with Gasteiger partial charge in [0, 0.05) is 16.9 Å². The van der Waals surface area contributed by atoms with Crippen molar-refractivity contribution in [2.24, 2.45) is 0 Å². The SMILES string of the molecule is CC(=O)C(=CC=CC=C/C(C(=O)Nc1ccccc1)=C(/C)[O-])C(=O)Nc1ccccc1. The molecule has 0 radical (unpaired) electrons. The lowest BCUT2D eigenvalue weighted by Gasteiger charge is -2.12. The number of hydrogen-bond acceptors (Lipinski definition) is 4. The molecule has 0 bridgehead atoms. The van der Waals surface area contributed by atoms with Crippen molar-refractivity contribution in [1.82, 2.24) is 0 Å². The van der Waals surface area contributed by atoms with E-state index in [4.69, 9.17) is 0 Å². The summed E-state index contributed by atoms with van der Waals surface area (Å²) in [5, 5.41) is 17.1. The van der Waals surface area contributed by atoms with Gasteiger partial charge in [0.15, 0.2) is 5.78 Å². The Kier molecular flexibility index (Phi) is 8.73. The standard InChI is InChI=1S/C25H24N2O4/c1-18(28)22(24(30)26-20-12-6-3-7-13-20)16-10-5-11-17-23(19(2)29)25(31)27-21-14-8-4-9-15-21/h3-17,28H,1-2H3,(H,26,30)(H,27,31)/p-1/b11-5?,16-10?,22-18+,23-17?. The first-order valence-electron chi connectivity index (χ1n) is 9.55. The highest BCUT2D eigenvalue weighted by Crippen LogP contribution is 2.11. The number of benzene rings is 2. The fourth-order valence-electron chi connectivity index (χ4n) is 2.51. The summed E-state index contributed by atoms with van der Waals surface area (Å²) in [5.74, 6) is -1.82. The summed E-state index contributed by atoms with van der Waals surface area (Å²) in [6.07, 6.45) is 7.26. The predicted octanol–water partition coefficient (Wildman–Crippen LogP) is 3.53. The monoisotopic (exact) mass is 415 g/mol. The van der Waals surface area contributed by atoms with E-state index in [9.17, 15) is 19.5 Å². The fraction of sp³-hybridized carbons (Fsp3) is 0.0800. The van der Waals surface area contributed by atoms with Crippen LogP contribution in [0.2, 0.25) is 0 Å². The zero-order valence-electron chi connectivity index (χ0n) is 17.3. The number of allylic oxidation sites excluding steroid dienone is 5. The van der Waals surface area contributed by atoms with Crippen LogP contribution in [0.1, 0.15) is 13.8 Å². The van der Waals surface area contributed by atoms with Gasteiger partial charge in [0.25, 0.3) is 11.8 Å². The summed E-state index contributed by atoms with van der Waals surface area (Å²) >= 11 is 0. The molecule has 0 saturated heterocycles. The molecule has 2 aromatic rings. The van der Waals surface area contributed by atoms with Crippen molar-refractivity contribution < 1.29 is 19.5 Å². The molecular formula is C25H23N2O4-. The van der Waals surface area contributed by atoms with Crippen LogP contribution in [-0.2, 0) is 14.4 Å². The van der Waals surface area contributed by atoms with E-state index >= 15 is 0 Å². The normalized spacial score (nSPS) is 12.5. The van der Waals surface area contributed by atoms with Gasteiger partial charge < -0.3 is 15.7 Å². The number of amides is 2. The second-order valence-corrected chi connectivity index (χ2v) is 6.49. The summed E-state index contributed by atoms with van der Waals surface area (Å²) in [5.41, 5.74) is 1.11. The summed E-state index contributed by atoms with van der Waals surface area (Å²) in [4.78, 5) is 36.5. The van der Waals surface area contributed by atoms with E-state index in [-0.39, 0.29) is 22.7 Å². The van der Waals surface area contributed by atoms with Crippen molar-refractivity contribution >= 4 is 29.0 Å². The molecule has 31 heavy (non-hydrogen) atoms. The highest BCUT2D eigenvalue weighted by molar-refractivity contribution is 6.22. The number of Topliss-reactive ketones (excluding diaryl/α,β-unsaturated/α-hetero) is 1. The first-order chi connectivity index (χ1) is 14.9. The minimum atomic E-state index is -0.523. The van der Waals surface area contributed by atoms with E-state index in [0.29, 0.717) is 11.4 Å². The topological polar surface area (TPSA) is 98.3 Å². The Morgan fingerprint density at radius 1 is 0.742 bits per heavy atom. The average molecular weight is 415 g/mol. The zero-order chi connectivity index (χ0) is 22.6. The first kappa shape index (κ1) is 23.1. The Bertz CT molecular complexity index is 1050. The molecule has 2 N–H and O–H groups in total. The summed E-state index contributed by atoms with van der Waals surface area (Å²) in [7, 11) is 0. The van der Waals surface area contributed by atoms with Gasteiger partial charge in [-0.1, -0.05) is 67.6 Å². The van der Waals surface area contributed by atoms with Crippen LogP contribution in [-0.4, -0.2) is 17.6 Å². The second-order valence-electron chi connectivity index (χ2n) is 6.49. The molecule has 6 heteroatoms. The summed E-state index contributed by atoms with van der Waals surface area (Å²) in [6.45, 7) is 2.60. The minimum absolute atomic E-state index is 0.0221. The lowest BCUT2D eigenvalue weighted by molar-refractivity contribution is -0.302. The highest BCUT2D eigenvalue weighted by Gasteiger charge is 2.13. The van der Waals surface area contributed by atoms with Crippen molar-refractivity contribution in [1.29, 1.82) is 0 Å². The van der Waals surface area contributed by atoms with Gasteiger partial charge in [0.1, 0.15) is 0 Å². The zero-order valence-corrected chi connectivity index (χ0v) is 17.3. The molecule has 6 nitrogen and oxygen atoms in total. The van der Waals surface area contributed by atoms with Crippen molar-refractivity contribution in [3.63, 3.8) is 0 Å². The first-order valence-corrected chi connectivity index (χ1v) is 9.55. The Morgan fingerprint density at radius 3 is 1.74 bits per heavy atom. The Labute approximate surface area is 181 Å². The van der Waals surface area contributed by atoms with E-state index in [1.807, 2.05) is 12.1 Å². The number of ketones is 1. The molecule has 0 atom stereocenters. The molecule has 0 aliphatic heterocycles. The van der Waals surface area contributed by atoms with Gasteiger partial charge in [-0.3, -0.25) is 14.4 Å². The molecule has 0 aromatic heterocycles. The Morgan fingerprint density at radius 2 is 1.26 bits per heavy atom. The van der Waals surface area contributed by atoms with Crippen molar-refractivity contribution in [3.8, 4) is 0 Å². The maximum absolute atomic E-state index is 12.3. The van der Waals surface area contributed by atoms with E-state index in [1.165, 1.54) is 44.2 Å². The summed E-state index contributed by atoms with van der Waals surface area (Å²) < 4.78 is 0. The third kappa shape index (κ3) is 7.62. The van der Waals surface area contributed by atoms with Crippen LogP contribution in [0.25, 0.3) is 0 Å². The quantitative estimate of drug-likeness (QED) is 0.227. The number of rotatable bonds is 8. The molecular weight excluding hydrogens is 392 g/mol. The number of nitrogens with one attached hydrogen (secondary N) is 2. The number of hydrogen-bond donors (Lipinski definition) is 2. The molecule has 2 rings (SSSR count). The highest BCUT2D eigenvalue weighted by atomic mass is 16.3. The van der Waals surface area contributed by atoms with Gasteiger partial charge in [-0.15, -0.1) is 5.76 Å². The summed E-state index contributed by atoms with van der Waals surface area (Å²) in [6, 6.07) is 17.6. The van der Waals surface area contributed by atoms with Gasteiger partial charge in [-0.25, -0.2) is 0 Å². The molecule has 0 saturated carbocycles. The predicted molar refractivity (Wildman–Crippen MR) is 120 cm³/mol. The number of para-hydroxylation sites is 2. The van der Waals surface area contributed by atoms with Crippen molar-refractivity contribution in [2.75, 3.05) is 10.6 Å². The van der Waals surface area contributed by atoms with Gasteiger partial charge in [-0.2, -0.15) is 0 Å². The number of anilines is 2. The lowest BCUT2D eigenvalue weighted by atomic mass is 10.1. The van der Waals surface area contributed by atoms with Crippen LogP contribution >= 0.6 is 0 Å². The molecule has 2 aromatic carbocycles. The van der Waals surface area contributed by atoms with Gasteiger partial charge in [-0.05, 0) is 37.3 Å². The lowest BCUT2D eigenvalue weighted by Crippen LogP contribution is -2.18. The smallest absolute Gasteiger partial charge is 0.259 e. The van der Waals surface area contributed by atoms with Gasteiger partial charge in [0.2, 0.25) is 0 Å². The van der Waals surface area contributed by atoms with E-state index in [2.05, 4.69) is 10.6 Å². The van der Waals surface area contributed by atoms with E-state index < -0.39 is 11.8 Å². The van der Waals surface area contributed by atoms with E-state index in [1.54, 1.807) is 48.5 Å². The molecule has 0 aliphatic rings. The molecule has 0 fully saturated rings. The van der Waals surface area contributed by atoms with Crippen LogP contribution in [0.5, 0.6) is 0 Å². The molecule has 0 unspecified atom stereocenters. The number of carbonyl (C=O) groups is 3. The molecule has 2 amide bonds. The van der Waals surface area contributed by atoms with Crippen LogP contribution in [0.3, 0.4) is 0 Å². The van der Waals surface area contributed by atoms with Crippen LogP contribution < -0.4 is 15.7 Å². The maximum atomic E-state index is 12.3. The van der Waals surface area contributed by atoms with Crippen LogP contribution in [0, 0.1) is 0 Å². The molecule has 158 valence electrons. The van der Waals surface area contributed by atoms with Crippen LogP contribution in [0.4, 0.5) is 11.4 Å². The third-order valence-electron chi connectivity index (χ3n) is 4.06. The van der Waals surface area contributed by atoms with Crippen LogP contribution in [0.15, 0.2) is 108 Å². The molecule has 0 aliphatic carbocycles. The van der Waals surface area contributed by atoms with Crippen molar-refractivity contribution in [2.45, 2.75) is 13.8 Å². The minimum Gasteiger partial charge on any atom is -0.875 e. The third-order valence-corrected chi connectivity index (χ3v) is 4.06. The van der Waals surface area contributed by atoms with Crippen molar-refractivity contribution in [3.05, 3.63) is 108 Å². The Balaban J connectivity index is 2.06.